The molecule has 1 aromatic carbocycles. The summed E-state index contributed by atoms with van der Waals surface area (Å²) in [6.07, 6.45) is 1.46. The van der Waals surface area contributed by atoms with Crippen LogP contribution in [0.1, 0.15) is 18.4 Å². The third kappa shape index (κ3) is 2.75. The predicted molar refractivity (Wildman–Crippen MR) is 85.2 cm³/mol. The van der Waals surface area contributed by atoms with E-state index in [2.05, 4.69) is 10.3 Å². The van der Waals surface area contributed by atoms with Crippen molar-refractivity contribution in [3.63, 3.8) is 0 Å². The molecule has 3 N–H and O–H groups in total. The minimum absolute atomic E-state index is 0.0213. The van der Waals surface area contributed by atoms with Crippen LogP contribution < -0.4 is 5.32 Å². The summed E-state index contributed by atoms with van der Waals surface area (Å²) in [6.45, 7) is 0.0252. The summed E-state index contributed by atoms with van der Waals surface area (Å²) in [5.41, 5.74) is -0.731. The van der Waals surface area contributed by atoms with E-state index in [1.807, 2.05) is 6.07 Å². The topological polar surface area (TPSA) is 106 Å². The van der Waals surface area contributed by atoms with E-state index in [1.54, 1.807) is 0 Å². The molecule has 1 saturated carbocycles. The van der Waals surface area contributed by atoms with Crippen molar-refractivity contribution in [3.8, 4) is 6.07 Å². The summed E-state index contributed by atoms with van der Waals surface area (Å²) in [5.74, 6) is -2.10. The molecule has 1 aliphatic carbocycles. The van der Waals surface area contributed by atoms with Crippen LogP contribution >= 0.6 is 11.6 Å². The number of pyridine rings is 1. The van der Waals surface area contributed by atoms with Gasteiger partial charge in [0.05, 0.1) is 27.8 Å². The average molecular weight is 350 g/mol. The Kier molecular flexibility index (Phi) is 4.03. The molecule has 0 amide bonds. The number of aliphatic hydroxyl groups is 1. The second-order valence-electron chi connectivity index (χ2n) is 5.93. The Labute approximate surface area is 141 Å². The molecule has 0 atom stereocenters. The summed E-state index contributed by atoms with van der Waals surface area (Å²) in [5, 5.41) is 31.9. The van der Waals surface area contributed by atoms with Gasteiger partial charge in [-0.25, -0.2) is 4.39 Å². The van der Waals surface area contributed by atoms with Gasteiger partial charge in [-0.1, -0.05) is 11.6 Å². The van der Waals surface area contributed by atoms with Gasteiger partial charge < -0.3 is 15.5 Å². The molecule has 1 aromatic heterocycles. The van der Waals surface area contributed by atoms with Crippen molar-refractivity contribution in [3.05, 3.63) is 34.7 Å². The first-order valence-corrected chi connectivity index (χ1v) is 7.58. The number of hydrogen-bond acceptors (Lipinski definition) is 5. The second kappa shape index (κ2) is 5.89. The number of fused-ring (bicyclic) bond motifs is 1. The van der Waals surface area contributed by atoms with Crippen molar-refractivity contribution in [2.45, 2.75) is 18.4 Å². The van der Waals surface area contributed by atoms with Crippen LogP contribution in [0.2, 0.25) is 5.02 Å². The highest BCUT2D eigenvalue weighted by molar-refractivity contribution is 6.36. The van der Waals surface area contributed by atoms with Crippen LogP contribution in [-0.4, -0.2) is 33.3 Å². The fourth-order valence-electron chi connectivity index (χ4n) is 2.93. The molecule has 2 aromatic rings. The lowest BCUT2D eigenvalue weighted by Gasteiger charge is -2.41. The van der Waals surface area contributed by atoms with E-state index in [0.717, 1.165) is 0 Å². The molecule has 1 heterocycles. The number of nitrogens with zero attached hydrogens (tertiary/aromatic N) is 2. The summed E-state index contributed by atoms with van der Waals surface area (Å²) in [7, 11) is 0. The Balaban J connectivity index is 1.93. The summed E-state index contributed by atoms with van der Waals surface area (Å²) < 4.78 is 13.9. The van der Waals surface area contributed by atoms with Gasteiger partial charge in [-0.3, -0.25) is 9.78 Å². The molecule has 0 bridgehead atoms. The molecule has 0 aliphatic heterocycles. The third-order valence-corrected chi connectivity index (χ3v) is 4.55. The Morgan fingerprint density at radius 2 is 2.25 bits per heavy atom. The molecule has 0 saturated heterocycles. The Morgan fingerprint density at radius 3 is 2.88 bits per heavy atom. The number of carbonyl (C=O) groups is 1. The molecule has 24 heavy (non-hydrogen) atoms. The molecule has 3 rings (SSSR count). The van der Waals surface area contributed by atoms with Gasteiger partial charge in [-0.15, -0.1) is 0 Å². The fraction of sp³-hybridized carbons (Fsp3) is 0.312. The first-order valence-electron chi connectivity index (χ1n) is 7.20. The van der Waals surface area contributed by atoms with E-state index in [4.69, 9.17) is 16.7 Å². The number of carboxylic acids is 1. The van der Waals surface area contributed by atoms with Gasteiger partial charge in [0.25, 0.3) is 0 Å². The van der Waals surface area contributed by atoms with Crippen molar-refractivity contribution < 1.29 is 19.4 Å². The normalized spacial score (nSPS) is 22.7. The van der Waals surface area contributed by atoms with Gasteiger partial charge in [-0.2, -0.15) is 5.26 Å². The summed E-state index contributed by atoms with van der Waals surface area (Å²) >= 11 is 6.13. The molecule has 0 spiro atoms. The maximum absolute atomic E-state index is 13.9. The quantitative estimate of drug-likeness (QED) is 0.783. The number of benzene rings is 1. The van der Waals surface area contributed by atoms with E-state index in [1.165, 1.54) is 18.3 Å². The minimum atomic E-state index is -1.19. The zero-order valence-electron chi connectivity index (χ0n) is 12.4. The zero-order chi connectivity index (χ0) is 17.5. The number of aromatic nitrogens is 1. The van der Waals surface area contributed by atoms with E-state index in [-0.39, 0.29) is 46.6 Å². The molecular formula is C16H13ClFN3O3. The van der Waals surface area contributed by atoms with E-state index in [0.29, 0.717) is 0 Å². The van der Waals surface area contributed by atoms with Crippen molar-refractivity contribution in [1.29, 1.82) is 5.26 Å². The van der Waals surface area contributed by atoms with Crippen LogP contribution in [-0.2, 0) is 4.79 Å². The zero-order valence-corrected chi connectivity index (χ0v) is 13.1. The second-order valence-corrected chi connectivity index (χ2v) is 6.34. The van der Waals surface area contributed by atoms with Crippen molar-refractivity contribution in [1.82, 2.24) is 4.98 Å². The standard InChI is InChI=1S/C16H13ClFN3O3/c17-10-1-2-11(18)14-12(10)13(9(5-19)6-20-14)21-7-16(24)3-8(4-16)15(22)23/h1-2,6,8,24H,3-4,7H2,(H,20,21)(H,22,23). The van der Waals surface area contributed by atoms with E-state index < -0.39 is 23.3 Å². The largest absolute Gasteiger partial charge is 0.481 e. The number of halogens is 2. The SMILES string of the molecule is N#Cc1cnc2c(F)ccc(Cl)c2c1NCC1(O)CC(C(=O)O)C1. The van der Waals surface area contributed by atoms with Crippen LogP contribution in [0.15, 0.2) is 18.3 Å². The van der Waals surface area contributed by atoms with Crippen molar-refractivity contribution in [2.24, 2.45) is 5.92 Å². The number of aliphatic carboxylic acids is 1. The highest BCUT2D eigenvalue weighted by atomic mass is 35.5. The van der Waals surface area contributed by atoms with E-state index >= 15 is 0 Å². The van der Waals surface area contributed by atoms with Crippen molar-refractivity contribution >= 4 is 34.2 Å². The monoisotopic (exact) mass is 349 g/mol. The third-order valence-electron chi connectivity index (χ3n) is 4.24. The number of rotatable bonds is 4. The molecule has 124 valence electrons. The number of anilines is 1. The van der Waals surface area contributed by atoms with E-state index in [9.17, 15) is 19.6 Å². The maximum atomic E-state index is 13.9. The van der Waals surface area contributed by atoms with Gasteiger partial charge in [0.2, 0.25) is 0 Å². The lowest BCUT2D eigenvalue weighted by molar-refractivity contribution is -0.156. The summed E-state index contributed by atoms with van der Waals surface area (Å²) in [6, 6.07) is 4.50. The fourth-order valence-corrected chi connectivity index (χ4v) is 3.18. The molecule has 8 heteroatoms. The number of nitriles is 1. The average Bonchev–Trinajstić information content (AvgIpc) is 2.52. The molecule has 0 unspecified atom stereocenters. The highest BCUT2D eigenvalue weighted by Gasteiger charge is 2.46. The van der Waals surface area contributed by atoms with Crippen molar-refractivity contribution in [2.75, 3.05) is 11.9 Å². The lowest BCUT2D eigenvalue weighted by Crippen LogP contribution is -2.51. The van der Waals surface area contributed by atoms with Crippen LogP contribution in [0.25, 0.3) is 10.9 Å². The number of carboxylic acid groups (broad SMARTS) is 1. The smallest absolute Gasteiger partial charge is 0.306 e. The van der Waals surface area contributed by atoms with Crippen LogP contribution in [0, 0.1) is 23.1 Å². The van der Waals surface area contributed by atoms with Gasteiger partial charge in [0.1, 0.15) is 17.4 Å². The first kappa shape index (κ1) is 16.4. The number of nitrogens with one attached hydrogen (secondary N) is 1. The highest BCUT2D eigenvalue weighted by Crippen LogP contribution is 2.39. The number of hydrogen-bond donors (Lipinski definition) is 3. The lowest BCUT2D eigenvalue weighted by atomic mass is 9.71. The predicted octanol–water partition coefficient (Wildman–Crippen LogP) is 2.54. The van der Waals surface area contributed by atoms with Crippen LogP contribution in [0.5, 0.6) is 0 Å². The Morgan fingerprint density at radius 1 is 1.54 bits per heavy atom. The molecular weight excluding hydrogens is 337 g/mol. The summed E-state index contributed by atoms with van der Waals surface area (Å²) in [4.78, 5) is 14.8. The molecule has 1 aliphatic rings. The first-order chi connectivity index (χ1) is 11.3. The molecule has 0 radical (unpaired) electrons. The molecule has 6 nitrogen and oxygen atoms in total. The maximum Gasteiger partial charge on any atom is 0.306 e. The van der Waals surface area contributed by atoms with Gasteiger partial charge in [-0.05, 0) is 25.0 Å². The van der Waals surface area contributed by atoms with Gasteiger partial charge >= 0.3 is 5.97 Å². The van der Waals surface area contributed by atoms with Crippen LogP contribution in [0.3, 0.4) is 0 Å². The van der Waals surface area contributed by atoms with Crippen LogP contribution in [0.4, 0.5) is 10.1 Å². The minimum Gasteiger partial charge on any atom is -0.481 e. The van der Waals surface area contributed by atoms with Gasteiger partial charge in [0.15, 0.2) is 0 Å². The van der Waals surface area contributed by atoms with Gasteiger partial charge in [0, 0.05) is 18.1 Å². The Bertz CT molecular complexity index is 875. The Hall–Kier alpha value is -2.43. The molecule has 1 fully saturated rings.